The van der Waals surface area contributed by atoms with Crippen molar-refractivity contribution in [2.45, 2.75) is 6.54 Å². The van der Waals surface area contributed by atoms with E-state index >= 15 is 0 Å². The van der Waals surface area contributed by atoms with Crippen LogP contribution in [0, 0.1) is 11.6 Å². The lowest BCUT2D eigenvalue weighted by Crippen LogP contribution is -2.47. The summed E-state index contributed by atoms with van der Waals surface area (Å²) in [6.45, 7) is 4.23. The Balaban J connectivity index is 1.20. The van der Waals surface area contributed by atoms with Gasteiger partial charge in [0, 0.05) is 38.8 Å². The lowest BCUT2D eigenvalue weighted by atomic mass is 10.1. The Hall–Kier alpha value is -2.43. The molecule has 1 saturated heterocycles. The Morgan fingerprint density at radius 1 is 1.06 bits per heavy atom. The number of hydrogen-bond acceptors (Lipinski definition) is 7. The molecule has 0 unspecified atom stereocenters. The van der Waals surface area contributed by atoms with Crippen LogP contribution in [0.15, 0.2) is 36.4 Å². The molecule has 1 fully saturated rings. The van der Waals surface area contributed by atoms with E-state index in [1.54, 1.807) is 0 Å². The number of nitrogens with zero attached hydrogens (tertiary/aromatic N) is 2. The Morgan fingerprint density at radius 2 is 1.84 bits per heavy atom. The zero-order valence-electron chi connectivity index (χ0n) is 16.5. The van der Waals surface area contributed by atoms with E-state index in [0.717, 1.165) is 61.9 Å². The van der Waals surface area contributed by atoms with Crippen LogP contribution in [0.4, 0.5) is 8.78 Å². The molecular formula is C21H20F2N2O4S2. The molecule has 0 saturated carbocycles. The fourth-order valence-corrected chi connectivity index (χ4v) is 4.33. The maximum absolute atomic E-state index is 13.6. The first kappa shape index (κ1) is 21.8. The number of halogens is 2. The van der Waals surface area contributed by atoms with Crippen molar-refractivity contribution < 1.29 is 27.8 Å². The average Bonchev–Trinajstić information content (AvgIpc) is 3.22. The largest absolute Gasteiger partial charge is 0.454 e. The molecule has 0 atom stereocenters. The lowest BCUT2D eigenvalue weighted by molar-refractivity contribution is -0.131. The van der Waals surface area contributed by atoms with E-state index in [-0.39, 0.29) is 18.3 Å². The number of thioether (sulfide) groups is 1. The van der Waals surface area contributed by atoms with E-state index in [9.17, 15) is 13.6 Å². The highest BCUT2D eigenvalue weighted by molar-refractivity contribution is 8.23. The van der Waals surface area contributed by atoms with Crippen LogP contribution >= 0.6 is 24.0 Å². The zero-order chi connectivity index (χ0) is 21.8. The molecule has 10 heteroatoms. The number of carbonyl (C=O) groups excluding carboxylic acids is 1. The monoisotopic (exact) mass is 466 g/mol. The first-order valence-electron chi connectivity index (χ1n) is 9.66. The van der Waals surface area contributed by atoms with Crippen LogP contribution in [0.2, 0.25) is 0 Å². The van der Waals surface area contributed by atoms with Gasteiger partial charge in [0.15, 0.2) is 23.1 Å². The summed E-state index contributed by atoms with van der Waals surface area (Å²) in [6.07, 6.45) is 0. The van der Waals surface area contributed by atoms with Gasteiger partial charge in [-0.3, -0.25) is 9.69 Å². The van der Waals surface area contributed by atoms with Crippen LogP contribution in [0.3, 0.4) is 0 Å². The molecule has 2 aromatic carbocycles. The third-order valence-electron chi connectivity index (χ3n) is 4.90. The summed E-state index contributed by atoms with van der Waals surface area (Å²) in [5, 5.41) is 0. The van der Waals surface area contributed by atoms with Crippen molar-refractivity contribution in [2.75, 3.05) is 38.7 Å². The summed E-state index contributed by atoms with van der Waals surface area (Å²) in [5.74, 6) is -1.08. The number of ether oxygens (including phenoxy) is 3. The summed E-state index contributed by atoms with van der Waals surface area (Å²) in [6, 6.07) is 8.76. The molecule has 2 aliphatic rings. The van der Waals surface area contributed by atoms with E-state index in [1.165, 1.54) is 11.8 Å². The van der Waals surface area contributed by atoms with Crippen LogP contribution in [-0.4, -0.2) is 58.8 Å². The van der Waals surface area contributed by atoms with Crippen molar-refractivity contribution in [3.63, 3.8) is 0 Å². The molecule has 0 aliphatic carbocycles. The molecule has 31 heavy (non-hydrogen) atoms. The maximum atomic E-state index is 13.6. The van der Waals surface area contributed by atoms with Crippen LogP contribution in [0.25, 0.3) is 0 Å². The highest BCUT2D eigenvalue weighted by Crippen LogP contribution is 2.33. The average molecular weight is 467 g/mol. The summed E-state index contributed by atoms with van der Waals surface area (Å²) in [7, 11) is 0. The highest BCUT2D eigenvalue weighted by atomic mass is 32.2. The molecule has 2 aliphatic heterocycles. The van der Waals surface area contributed by atoms with E-state index in [0.29, 0.717) is 10.4 Å². The van der Waals surface area contributed by atoms with Crippen LogP contribution in [-0.2, 0) is 11.3 Å². The van der Waals surface area contributed by atoms with Gasteiger partial charge in [0.25, 0.3) is 0 Å². The minimum atomic E-state index is -0.917. The van der Waals surface area contributed by atoms with Crippen molar-refractivity contribution in [1.29, 1.82) is 0 Å². The zero-order valence-corrected chi connectivity index (χ0v) is 18.1. The van der Waals surface area contributed by atoms with Gasteiger partial charge >= 0.3 is 5.97 Å². The van der Waals surface area contributed by atoms with Crippen LogP contribution in [0.5, 0.6) is 17.2 Å². The van der Waals surface area contributed by atoms with E-state index < -0.39 is 17.6 Å². The maximum Gasteiger partial charge on any atom is 0.321 e. The topological polar surface area (TPSA) is 51.2 Å². The first-order valence-corrected chi connectivity index (χ1v) is 11.1. The van der Waals surface area contributed by atoms with E-state index in [2.05, 4.69) is 4.90 Å². The quantitative estimate of drug-likeness (QED) is 0.378. The van der Waals surface area contributed by atoms with Crippen molar-refractivity contribution in [1.82, 2.24) is 9.80 Å². The predicted molar refractivity (Wildman–Crippen MR) is 116 cm³/mol. The summed E-state index contributed by atoms with van der Waals surface area (Å²) < 4.78 is 42.8. The van der Waals surface area contributed by atoms with Gasteiger partial charge in [-0.15, -0.1) is 0 Å². The molecule has 0 amide bonds. The number of piperazine rings is 1. The van der Waals surface area contributed by atoms with Crippen molar-refractivity contribution in [2.24, 2.45) is 0 Å². The van der Waals surface area contributed by atoms with Crippen molar-refractivity contribution in [3.05, 3.63) is 53.6 Å². The molecule has 0 N–H and O–H groups in total. The molecule has 0 aromatic heterocycles. The second kappa shape index (κ2) is 9.80. The number of esters is 1. The fraction of sp³-hybridized carbons (Fsp3) is 0.333. The number of carbonyl (C=O) groups is 1. The van der Waals surface area contributed by atoms with E-state index in [1.807, 2.05) is 23.1 Å². The second-order valence-electron chi connectivity index (χ2n) is 7.05. The van der Waals surface area contributed by atoms with Gasteiger partial charge < -0.3 is 19.1 Å². The second-order valence-corrected chi connectivity index (χ2v) is 8.66. The molecule has 0 spiro atoms. The minimum absolute atomic E-state index is 0.0486. The molecule has 0 radical (unpaired) electrons. The Morgan fingerprint density at radius 3 is 2.61 bits per heavy atom. The van der Waals surface area contributed by atoms with Crippen LogP contribution < -0.4 is 14.2 Å². The molecule has 164 valence electrons. The lowest BCUT2D eigenvalue weighted by Gasteiger charge is -2.35. The molecule has 6 nitrogen and oxygen atoms in total. The van der Waals surface area contributed by atoms with Gasteiger partial charge in [0.2, 0.25) is 6.79 Å². The molecule has 2 aromatic rings. The Kier molecular flexibility index (Phi) is 6.89. The van der Waals surface area contributed by atoms with Crippen molar-refractivity contribution in [3.8, 4) is 17.2 Å². The molecule has 4 rings (SSSR count). The normalized spacial score (nSPS) is 15.7. The first-order chi connectivity index (χ1) is 15.0. The number of hydrogen-bond donors (Lipinski definition) is 0. The third kappa shape index (κ3) is 5.63. The van der Waals surface area contributed by atoms with Gasteiger partial charge in [0.1, 0.15) is 10.1 Å². The summed E-state index contributed by atoms with van der Waals surface area (Å²) in [4.78, 5) is 16.3. The van der Waals surface area contributed by atoms with Crippen molar-refractivity contribution >= 4 is 34.3 Å². The van der Waals surface area contributed by atoms with Gasteiger partial charge in [-0.05, 0) is 29.8 Å². The number of thiocarbonyl (C=S) groups is 1. The van der Waals surface area contributed by atoms with Gasteiger partial charge in [-0.2, -0.15) is 0 Å². The number of fused-ring (bicyclic) bond motifs is 1. The predicted octanol–water partition coefficient (Wildman–Crippen LogP) is 3.43. The van der Waals surface area contributed by atoms with Gasteiger partial charge in [0.05, 0.1) is 5.75 Å². The smallest absolute Gasteiger partial charge is 0.321 e. The summed E-state index contributed by atoms with van der Waals surface area (Å²) in [5.41, 5.74) is 1.16. The minimum Gasteiger partial charge on any atom is -0.454 e. The summed E-state index contributed by atoms with van der Waals surface area (Å²) >= 11 is 6.61. The molecular weight excluding hydrogens is 446 g/mol. The number of rotatable bonds is 5. The van der Waals surface area contributed by atoms with Gasteiger partial charge in [-0.1, -0.05) is 30.0 Å². The highest BCUT2D eigenvalue weighted by Gasteiger charge is 2.21. The fourth-order valence-electron chi connectivity index (χ4n) is 3.31. The van der Waals surface area contributed by atoms with E-state index in [4.69, 9.17) is 26.4 Å². The van der Waals surface area contributed by atoms with Gasteiger partial charge in [-0.25, -0.2) is 8.78 Å². The Bertz CT molecular complexity index is 984. The third-order valence-corrected chi connectivity index (χ3v) is 6.40. The SMILES string of the molecule is O=C(CSC(=S)N1CCN(Cc2ccc3c(c2)OCO3)CC1)Oc1ccc(F)cc1F. The standard InChI is InChI=1S/C21H20F2N2O4S2/c22-15-2-4-17(16(23)10-15)29-20(26)12-31-21(30)25-7-5-24(6-8-25)11-14-1-3-18-19(9-14)28-13-27-18/h1-4,9-10H,5-8,11-13H2. The van der Waals surface area contributed by atoms with Crippen LogP contribution in [0.1, 0.15) is 5.56 Å². The molecule has 0 bridgehead atoms. The Labute approximate surface area is 188 Å². The number of benzene rings is 2. The molecule has 2 heterocycles.